The number of hydrogen-bond acceptors (Lipinski definition) is 4. The average molecular weight is 276 g/mol. The smallest absolute Gasteiger partial charge is 0.307 e. The van der Waals surface area contributed by atoms with E-state index in [9.17, 15) is 4.79 Å². The van der Waals surface area contributed by atoms with Gasteiger partial charge in [-0.2, -0.15) is 0 Å². The molecule has 0 saturated heterocycles. The maximum Gasteiger partial charge on any atom is 0.307 e. The molecule has 0 spiro atoms. The maximum atomic E-state index is 10.9. The van der Waals surface area contributed by atoms with E-state index in [0.717, 1.165) is 19.1 Å². The Balaban J connectivity index is 3.70. The fourth-order valence-electron chi connectivity index (χ4n) is 2.04. The largest absolute Gasteiger partial charge is 0.469 e. The second kappa shape index (κ2) is 10.5. The molecule has 5 heteroatoms. The van der Waals surface area contributed by atoms with Crippen LogP contribution in [0.1, 0.15) is 33.6 Å². The highest BCUT2D eigenvalue weighted by molar-refractivity contribution is 6.73. The van der Waals surface area contributed by atoms with Gasteiger partial charge in [-0.1, -0.05) is 13.8 Å². The summed E-state index contributed by atoms with van der Waals surface area (Å²) in [6, 6.07) is 3.48. The van der Waals surface area contributed by atoms with Crippen LogP contribution in [0, 0.1) is 0 Å². The van der Waals surface area contributed by atoms with Crippen molar-refractivity contribution in [3.63, 3.8) is 0 Å². The Hall–Kier alpha value is -0.393. The van der Waals surface area contributed by atoms with Crippen molar-refractivity contribution >= 4 is 14.3 Å². The van der Waals surface area contributed by atoms with Crippen molar-refractivity contribution in [2.75, 3.05) is 26.9 Å². The summed E-state index contributed by atoms with van der Waals surface area (Å²) in [5.41, 5.74) is 0. The van der Waals surface area contributed by atoms with E-state index in [1.807, 2.05) is 0 Å². The molecule has 0 fully saturated rings. The molecule has 18 heavy (non-hydrogen) atoms. The van der Waals surface area contributed by atoms with Crippen molar-refractivity contribution in [3.05, 3.63) is 0 Å². The Morgan fingerprint density at radius 1 is 1.11 bits per heavy atom. The number of carbonyl (C=O) groups is 1. The summed E-state index contributed by atoms with van der Waals surface area (Å²) in [5, 5.41) is 0. The van der Waals surface area contributed by atoms with Gasteiger partial charge in [0.05, 0.1) is 20.1 Å². The molecule has 108 valence electrons. The van der Waals surface area contributed by atoms with E-state index in [2.05, 4.69) is 25.5 Å². The van der Waals surface area contributed by atoms with E-state index in [4.69, 9.17) is 9.16 Å². The summed E-state index contributed by atoms with van der Waals surface area (Å²) < 4.78 is 16.0. The van der Waals surface area contributed by atoms with E-state index < -0.39 is 8.32 Å². The van der Waals surface area contributed by atoms with Gasteiger partial charge in [-0.05, 0) is 31.5 Å². The molecule has 0 bridgehead atoms. The molecule has 0 rings (SSSR count). The van der Waals surface area contributed by atoms with Gasteiger partial charge in [0, 0.05) is 13.2 Å². The van der Waals surface area contributed by atoms with E-state index in [1.165, 1.54) is 19.2 Å². The van der Waals surface area contributed by atoms with Crippen molar-refractivity contribution < 1.29 is 18.7 Å². The molecule has 0 unspecified atom stereocenters. The first-order valence-corrected chi connectivity index (χ1v) is 9.45. The lowest BCUT2D eigenvalue weighted by atomic mass is 10.4. The van der Waals surface area contributed by atoms with Crippen LogP contribution < -0.4 is 0 Å². The van der Waals surface area contributed by atoms with Crippen LogP contribution in [0.2, 0.25) is 18.1 Å². The monoisotopic (exact) mass is 276 g/mol. The fraction of sp³-hybridized carbons (Fsp3) is 0.923. The van der Waals surface area contributed by atoms with Gasteiger partial charge in [-0.25, -0.2) is 0 Å². The maximum absolute atomic E-state index is 10.9. The summed E-state index contributed by atoms with van der Waals surface area (Å²) in [7, 11) is -0.108. The number of methoxy groups -OCH3 is 1. The predicted octanol–water partition coefficient (Wildman–Crippen LogP) is 2.98. The SMILES string of the molecule is CCO[Si](CC)(CC)CCCOCCC(=O)OC. The van der Waals surface area contributed by atoms with Crippen LogP contribution in [0.25, 0.3) is 0 Å². The first-order chi connectivity index (χ1) is 8.64. The molecular weight excluding hydrogens is 248 g/mol. The van der Waals surface area contributed by atoms with Crippen molar-refractivity contribution in [1.82, 2.24) is 0 Å². The van der Waals surface area contributed by atoms with Gasteiger partial charge >= 0.3 is 5.97 Å². The van der Waals surface area contributed by atoms with Gasteiger partial charge in [-0.15, -0.1) is 0 Å². The molecule has 0 N–H and O–H groups in total. The van der Waals surface area contributed by atoms with Crippen LogP contribution in [-0.2, 0) is 18.7 Å². The van der Waals surface area contributed by atoms with Crippen molar-refractivity contribution in [2.24, 2.45) is 0 Å². The molecule has 0 aliphatic heterocycles. The minimum atomic E-state index is -1.50. The van der Waals surface area contributed by atoms with Gasteiger partial charge in [0.2, 0.25) is 0 Å². The summed E-state index contributed by atoms with van der Waals surface area (Å²) in [6.45, 7) is 8.50. The van der Waals surface area contributed by atoms with Crippen molar-refractivity contribution in [2.45, 2.75) is 51.7 Å². The third-order valence-corrected chi connectivity index (χ3v) is 8.08. The highest BCUT2D eigenvalue weighted by Gasteiger charge is 2.29. The number of ether oxygens (including phenoxy) is 2. The minimum absolute atomic E-state index is 0.213. The zero-order chi connectivity index (χ0) is 13.9. The van der Waals surface area contributed by atoms with Crippen LogP contribution >= 0.6 is 0 Å². The number of carbonyl (C=O) groups excluding carboxylic acids is 1. The Morgan fingerprint density at radius 2 is 1.78 bits per heavy atom. The molecule has 0 aromatic carbocycles. The lowest BCUT2D eigenvalue weighted by Gasteiger charge is -2.28. The van der Waals surface area contributed by atoms with Gasteiger partial charge in [0.15, 0.2) is 8.32 Å². The fourth-order valence-corrected chi connectivity index (χ4v) is 5.20. The summed E-state index contributed by atoms with van der Waals surface area (Å²) in [4.78, 5) is 10.9. The second-order valence-corrected chi connectivity index (χ2v) is 8.93. The molecule has 0 heterocycles. The number of hydrogen-bond donors (Lipinski definition) is 0. The lowest BCUT2D eigenvalue weighted by Crippen LogP contribution is -2.36. The Morgan fingerprint density at radius 3 is 2.28 bits per heavy atom. The summed E-state index contributed by atoms with van der Waals surface area (Å²) in [5.74, 6) is -0.213. The van der Waals surface area contributed by atoms with Crippen molar-refractivity contribution in [3.8, 4) is 0 Å². The zero-order valence-corrected chi connectivity index (χ0v) is 13.3. The van der Waals surface area contributed by atoms with E-state index in [0.29, 0.717) is 19.6 Å². The van der Waals surface area contributed by atoms with E-state index in [1.54, 1.807) is 0 Å². The Labute approximate surface area is 112 Å². The van der Waals surface area contributed by atoms with Crippen LogP contribution in [0.15, 0.2) is 0 Å². The van der Waals surface area contributed by atoms with Crippen molar-refractivity contribution in [1.29, 1.82) is 0 Å². The van der Waals surface area contributed by atoms with Gasteiger partial charge < -0.3 is 13.9 Å². The molecule has 0 aliphatic rings. The molecule has 0 radical (unpaired) electrons. The Kier molecular flexibility index (Phi) is 10.3. The summed E-state index contributed by atoms with van der Waals surface area (Å²) in [6.07, 6.45) is 1.36. The molecule has 0 saturated carbocycles. The summed E-state index contributed by atoms with van der Waals surface area (Å²) >= 11 is 0. The first kappa shape index (κ1) is 17.6. The lowest BCUT2D eigenvalue weighted by molar-refractivity contribution is -0.141. The quantitative estimate of drug-likeness (QED) is 0.331. The first-order valence-electron chi connectivity index (χ1n) is 6.92. The van der Waals surface area contributed by atoms with Gasteiger partial charge in [-0.3, -0.25) is 4.79 Å². The number of rotatable bonds is 11. The molecule has 0 amide bonds. The highest BCUT2D eigenvalue weighted by atomic mass is 28.4. The third-order valence-electron chi connectivity index (χ3n) is 3.34. The number of esters is 1. The van der Waals surface area contributed by atoms with Crippen LogP contribution in [-0.4, -0.2) is 41.2 Å². The standard InChI is InChI=1S/C13H28O4Si/c1-5-17-18(6-2,7-3)12-8-10-16-11-9-13(14)15-4/h5-12H2,1-4H3. The molecule has 4 nitrogen and oxygen atoms in total. The second-order valence-electron chi connectivity index (χ2n) is 4.37. The van der Waals surface area contributed by atoms with Crippen LogP contribution in [0.4, 0.5) is 0 Å². The Bertz CT molecular complexity index is 217. The minimum Gasteiger partial charge on any atom is -0.469 e. The predicted molar refractivity (Wildman–Crippen MR) is 75.2 cm³/mol. The molecular formula is C13H28O4Si. The highest BCUT2D eigenvalue weighted by Crippen LogP contribution is 2.23. The van der Waals surface area contributed by atoms with E-state index in [-0.39, 0.29) is 5.97 Å². The van der Waals surface area contributed by atoms with Gasteiger partial charge in [0.1, 0.15) is 0 Å². The molecule has 0 aliphatic carbocycles. The van der Waals surface area contributed by atoms with Crippen LogP contribution in [0.5, 0.6) is 0 Å². The van der Waals surface area contributed by atoms with Crippen LogP contribution in [0.3, 0.4) is 0 Å². The van der Waals surface area contributed by atoms with Gasteiger partial charge in [0.25, 0.3) is 0 Å². The van der Waals surface area contributed by atoms with E-state index >= 15 is 0 Å². The topological polar surface area (TPSA) is 44.8 Å². The molecule has 0 aromatic heterocycles. The molecule has 0 atom stereocenters. The molecule has 0 aromatic rings. The third kappa shape index (κ3) is 7.13. The normalized spacial score (nSPS) is 11.6. The zero-order valence-electron chi connectivity index (χ0n) is 12.3. The average Bonchev–Trinajstić information content (AvgIpc) is 2.41.